The molecular formula is C16H22N4O2. The van der Waals surface area contributed by atoms with Crippen LogP contribution in [0.2, 0.25) is 0 Å². The molecule has 1 saturated heterocycles. The molecule has 3 rings (SSSR count). The number of aromatic nitrogens is 2. The molecular weight excluding hydrogens is 280 g/mol. The molecule has 2 N–H and O–H groups in total. The highest BCUT2D eigenvalue weighted by molar-refractivity contribution is 5.96. The first kappa shape index (κ1) is 15.0. The van der Waals surface area contributed by atoms with E-state index in [0.717, 1.165) is 42.1 Å². The van der Waals surface area contributed by atoms with Gasteiger partial charge in [0.25, 0.3) is 5.91 Å². The number of aryl methyl sites for hydroxylation is 2. The summed E-state index contributed by atoms with van der Waals surface area (Å²) < 4.78 is 7.67. The summed E-state index contributed by atoms with van der Waals surface area (Å²) in [6.07, 6.45) is 0.468. The number of rotatable bonds is 4. The number of benzene rings is 1. The number of amides is 1. The average Bonchev–Trinajstić information content (AvgIpc) is 2.92. The molecule has 1 aliphatic rings. The number of carbonyl (C=O) groups excluding carboxylic acids is 1. The zero-order valence-corrected chi connectivity index (χ0v) is 13.1. The third kappa shape index (κ3) is 2.84. The number of hydrogen-bond donors (Lipinski definition) is 2. The summed E-state index contributed by atoms with van der Waals surface area (Å²) in [5, 5.41) is 6.07. The Morgan fingerprint density at radius 2 is 2.36 bits per heavy atom. The summed E-state index contributed by atoms with van der Waals surface area (Å²) in [5.41, 5.74) is 2.78. The van der Waals surface area contributed by atoms with Crippen molar-refractivity contribution in [2.75, 3.05) is 25.0 Å². The van der Waals surface area contributed by atoms with Crippen molar-refractivity contribution in [3.05, 3.63) is 24.0 Å². The monoisotopic (exact) mass is 302 g/mol. The molecule has 118 valence electrons. The maximum Gasteiger partial charge on any atom is 0.254 e. The van der Waals surface area contributed by atoms with Crippen LogP contribution in [0.5, 0.6) is 0 Å². The highest BCUT2D eigenvalue weighted by Gasteiger charge is 2.22. The van der Waals surface area contributed by atoms with Crippen molar-refractivity contribution in [1.82, 2.24) is 14.9 Å². The van der Waals surface area contributed by atoms with Gasteiger partial charge in [0.1, 0.15) is 11.9 Å². The lowest BCUT2D eigenvalue weighted by atomic mass is 10.2. The zero-order valence-electron chi connectivity index (χ0n) is 13.1. The molecule has 1 aromatic heterocycles. The predicted octanol–water partition coefficient (Wildman–Crippen LogP) is 1.55. The van der Waals surface area contributed by atoms with Gasteiger partial charge in [-0.05, 0) is 25.1 Å². The van der Waals surface area contributed by atoms with Gasteiger partial charge in [-0.1, -0.05) is 6.92 Å². The van der Waals surface area contributed by atoms with Gasteiger partial charge in [0.15, 0.2) is 0 Å². The van der Waals surface area contributed by atoms with Crippen LogP contribution < -0.4 is 10.6 Å². The van der Waals surface area contributed by atoms with E-state index in [1.165, 1.54) is 0 Å². The SMILES string of the molecule is CCc1nc2cc(NC(=O)[C@H]3CNCCO3)ccc2n1CC. The Bertz CT molecular complexity index is 674. The Balaban J connectivity index is 1.81. The van der Waals surface area contributed by atoms with Crippen LogP contribution >= 0.6 is 0 Å². The number of morpholine rings is 1. The van der Waals surface area contributed by atoms with E-state index in [0.29, 0.717) is 13.2 Å². The molecule has 0 aliphatic carbocycles. The maximum absolute atomic E-state index is 12.2. The van der Waals surface area contributed by atoms with Crippen LogP contribution in [0.25, 0.3) is 11.0 Å². The second-order valence-electron chi connectivity index (χ2n) is 5.38. The quantitative estimate of drug-likeness (QED) is 0.899. The van der Waals surface area contributed by atoms with Crippen molar-refractivity contribution >= 4 is 22.6 Å². The minimum absolute atomic E-state index is 0.114. The first-order valence-corrected chi connectivity index (χ1v) is 7.85. The van der Waals surface area contributed by atoms with E-state index in [1.807, 2.05) is 18.2 Å². The number of anilines is 1. The highest BCUT2D eigenvalue weighted by atomic mass is 16.5. The van der Waals surface area contributed by atoms with Crippen LogP contribution in [0, 0.1) is 0 Å². The summed E-state index contributed by atoms with van der Waals surface area (Å²) in [4.78, 5) is 16.8. The Labute approximate surface area is 129 Å². The van der Waals surface area contributed by atoms with Gasteiger partial charge in [0.2, 0.25) is 0 Å². The Kier molecular flexibility index (Phi) is 4.40. The standard InChI is InChI=1S/C16H22N4O2/c1-3-15-19-12-9-11(5-6-13(12)20(15)4-2)18-16(21)14-10-17-7-8-22-14/h5-6,9,14,17H,3-4,7-8,10H2,1-2H3,(H,18,21)/t14-/m1/s1. The molecule has 2 heterocycles. The average molecular weight is 302 g/mol. The minimum atomic E-state index is -0.427. The van der Waals surface area contributed by atoms with Crippen LogP contribution in [0.3, 0.4) is 0 Å². The van der Waals surface area contributed by atoms with E-state index in [4.69, 9.17) is 4.74 Å². The molecule has 0 bridgehead atoms. The number of nitrogens with zero attached hydrogens (tertiary/aromatic N) is 2. The molecule has 2 aromatic rings. The molecule has 1 amide bonds. The fourth-order valence-electron chi connectivity index (χ4n) is 2.84. The summed E-state index contributed by atoms with van der Waals surface area (Å²) in [7, 11) is 0. The number of ether oxygens (including phenoxy) is 1. The lowest BCUT2D eigenvalue weighted by Gasteiger charge is -2.22. The maximum atomic E-state index is 12.2. The van der Waals surface area contributed by atoms with Crippen molar-refractivity contribution < 1.29 is 9.53 Å². The van der Waals surface area contributed by atoms with Crippen LogP contribution in [-0.2, 0) is 22.5 Å². The lowest BCUT2D eigenvalue weighted by Crippen LogP contribution is -2.45. The lowest BCUT2D eigenvalue weighted by molar-refractivity contribution is -0.128. The molecule has 1 aliphatic heterocycles. The Morgan fingerprint density at radius 3 is 3.05 bits per heavy atom. The van der Waals surface area contributed by atoms with Gasteiger partial charge in [0, 0.05) is 31.7 Å². The van der Waals surface area contributed by atoms with E-state index >= 15 is 0 Å². The molecule has 6 nitrogen and oxygen atoms in total. The van der Waals surface area contributed by atoms with E-state index in [-0.39, 0.29) is 5.91 Å². The first-order valence-electron chi connectivity index (χ1n) is 7.85. The molecule has 0 spiro atoms. The topological polar surface area (TPSA) is 68.2 Å². The number of carbonyl (C=O) groups is 1. The van der Waals surface area contributed by atoms with Gasteiger partial charge in [0.05, 0.1) is 17.6 Å². The van der Waals surface area contributed by atoms with E-state index in [1.54, 1.807) is 0 Å². The number of fused-ring (bicyclic) bond motifs is 1. The van der Waals surface area contributed by atoms with Crippen LogP contribution in [0.1, 0.15) is 19.7 Å². The van der Waals surface area contributed by atoms with Crippen molar-refractivity contribution in [1.29, 1.82) is 0 Å². The summed E-state index contributed by atoms with van der Waals surface area (Å²) in [6, 6.07) is 5.86. The fourth-order valence-corrected chi connectivity index (χ4v) is 2.84. The number of nitrogens with one attached hydrogen (secondary N) is 2. The van der Waals surface area contributed by atoms with Gasteiger partial charge >= 0.3 is 0 Å². The normalized spacial score (nSPS) is 18.5. The molecule has 22 heavy (non-hydrogen) atoms. The molecule has 6 heteroatoms. The van der Waals surface area contributed by atoms with E-state index in [9.17, 15) is 4.79 Å². The number of imidazole rings is 1. The summed E-state index contributed by atoms with van der Waals surface area (Å²) in [5.74, 6) is 0.956. The van der Waals surface area contributed by atoms with Gasteiger partial charge in [-0.2, -0.15) is 0 Å². The van der Waals surface area contributed by atoms with Crippen molar-refractivity contribution in [2.45, 2.75) is 32.9 Å². The number of hydrogen-bond acceptors (Lipinski definition) is 4. The van der Waals surface area contributed by atoms with Crippen LogP contribution in [0.15, 0.2) is 18.2 Å². The second kappa shape index (κ2) is 6.46. The third-order valence-corrected chi connectivity index (χ3v) is 3.95. The highest BCUT2D eigenvalue weighted by Crippen LogP contribution is 2.21. The first-order chi connectivity index (χ1) is 10.7. The van der Waals surface area contributed by atoms with Gasteiger partial charge in [-0.3, -0.25) is 4.79 Å². The second-order valence-corrected chi connectivity index (χ2v) is 5.38. The van der Waals surface area contributed by atoms with Gasteiger partial charge < -0.3 is 19.9 Å². The summed E-state index contributed by atoms with van der Waals surface area (Å²) >= 11 is 0. The van der Waals surface area contributed by atoms with E-state index in [2.05, 4.69) is 34.0 Å². The minimum Gasteiger partial charge on any atom is -0.366 e. The molecule has 0 unspecified atom stereocenters. The molecule has 0 saturated carbocycles. The Morgan fingerprint density at radius 1 is 1.50 bits per heavy atom. The largest absolute Gasteiger partial charge is 0.366 e. The van der Waals surface area contributed by atoms with Crippen molar-refractivity contribution in [3.63, 3.8) is 0 Å². The van der Waals surface area contributed by atoms with Crippen LogP contribution in [-0.4, -0.2) is 41.3 Å². The molecule has 1 aromatic carbocycles. The predicted molar refractivity (Wildman–Crippen MR) is 86.0 cm³/mol. The van der Waals surface area contributed by atoms with Crippen molar-refractivity contribution in [3.8, 4) is 0 Å². The smallest absolute Gasteiger partial charge is 0.254 e. The fraction of sp³-hybridized carbons (Fsp3) is 0.500. The van der Waals surface area contributed by atoms with E-state index < -0.39 is 6.10 Å². The van der Waals surface area contributed by atoms with Crippen molar-refractivity contribution in [2.24, 2.45) is 0 Å². The van der Waals surface area contributed by atoms with Gasteiger partial charge in [-0.15, -0.1) is 0 Å². The summed E-state index contributed by atoms with van der Waals surface area (Å²) in [6.45, 7) is 7.03. The zero-order chi connectivity index (χ0) is 15.5. The Hall–Kier alpha value is -1.92. The third-order valence-electron chi connectivity index (χ3n) is 3.95. The molecule has 0 radical (unpaired) electrons. The molecule has 1 atom stereocenters. The van der Waals surface area contributed by atoms with Crippen LogP contribution in [0.4, 0.5) is 5.69 Å². The molecule has 1 fully saturated rings. The van der Waals surface area contributed by atoms with Gasteiger partial charge in [-0.25, -0.2) is 4.98 Å².